The smallest absolute Gasteiger partial charge is 0.303 e. The summed E-state index contributed by atoms with van der Waals surface area (Å²) >= 11 is 15.3. The second kappa shape index (κ2) is 19.8. The fourth-order valence-corrected chi connectivity index (χ4v) is 10.5. The Kier molecular flexibility index (Phi) is 15.5. The van der Waals surface area contributed by atoms with E-state index >= 15 is 0 Å². The molecule has 4 aromatic heterocycles. The number of hydrogen-bond acceptors (Lipinski definition) is 10. The maximum absolute atomic E-state index is 12.7. The molecule has 62 heavy (non-hydrogen) atoms. The van der Waals surface area contributed by atoms with E-state index in [-0.39, 0.29) is 38.9 Å². The molecule has 5 rings (SSSR count). The molecule has 0 radical (unpaired) electrons. The van der Waals surface area contributed by atoms with Crippen LogP contribution >= 0.6 is 63.7 Å². The zero-order valence-electron chi connectivity index (χ0n) is 34.9. The van der Waals surface area contributed by atoms with Crippen molar-refractivity contribution < 1.29 is 57.9 Å². The van der Waals surface area contributed by atoms with Crippen LogP contribution in [0, 0.1) is 27.7 Å². The van der Waals surface area contributed by atoms with Gasteiger partial charge >= 0.3 is 35.8 Å². The minimum absolute atomic E-state index is 0.114. The quantitative estimate of drug-likeness (QED) is 0.0713. The molecule has 0 aliphatic carbocycles. The SMILES string of the molecule is CC(=O)OCC(OC(C)=O)c1c2[nH]c(c1C)C(Br)=c1[nH]c(c(CCC(=O)O)c1C)=C(Br)c1[nH]c(c(C)c1CCC(=O)O)C(Br)=c1[nH]c(c(C)c1C(COC(C)=O)OC(C)=O)=C2Br. The molecule has 332 valence electrons. The Morgan fingerprint density at radius 3 is 1.42 bits per heavy atom. The Hall–Kier alpha value is -4.66. The number of nitrogens with one attached hydrogen (secondary N) is 4. The van der Waals surface area contributed by atoms with Gasteiger partial charge in [0.2, 0.25) is 0 Å². The molecule has 0 saturated heterocycles. The van der Waals surface area contributed by atoms with E-state index in [4.69, 9.17) is 18.9 Å². The average Bonchev–Trinajstić information content (AvgIpc) is 3.91. The van der Waals surface area contributed by atoms with E-state index in [0.717, 1.165) is 0 Å². The molecule has 0 saturated carbocycles. The van der Waals surface area contributed by atoms with E-state index in [1.165, 1.54) is 27.7 Å². The maximum Gasteiger partial charge on any atom is 0.303 e. The summed E-state index contributed by atoms with van der Waals surface area (Å²) in [5, 5.41) is 21.6. The number of H-pyrrole nitrogens is 4. The Morgan fingerprint density at radius 2 is 0.903 bits per heavy atom. The number of rotatable bonds is 14. The van der Waals surface area contributed by atoms with Gasteiger partial charge in [0, 0.05) is 51.7 Å². The predicted molar refractivity (Wildman–Crippen MR) is 241 cm³/mol. The lowest BCUT2D eigenvalue weighted by molar-refractivity contribution is -0.156. The standard InChI is InChI=1S/C42H44Br4N4O12/c1-15-23(9-11-27(55)56)39-34(46)40-24(10-12-28(57)58)16(2)36(48-40)32(44)41-30(26(62-22(8)54)14-60-20(6)52)18(4)38(50-41)33(45)42-29(25(61-21(7)53)13-59-19(5)51)17(3)37(49-42)31(43)35(15)47-39/h25-26,47-50H,9-14H2,1-8H3,(H,55,56)(H,57,58). The molecule has 6 N–H and O–H groups in total. The minimum atomic E-state index is -1.14. The number of aromatic nitrogens is 4. The van der Waals surface area contributed by atoms with Crippen LogP contribution in [0.25, 0.3) is 17.9 Å². The van der Waals surface area contributed by atoms with Gasteiger partial charge in [-0.2, -0.15) is 0 Å². The molecule has 0 aromatic carbocycles. The lowest BCUT2D eigenvalue weighted by Crippen LogP contribution is -2.24. The van der Waals surface area contributed by atoms with Gasteiger partial charge in [-0.05, 0) is 138 Å². The summed E-state index contributed by atoms with van der Waals surface area (Å²) in [6.07, 6.45) is -2.42. The van der Waals surface area contributed by atoms with Crippen molar-refractivity contribution in [2.75, 3.05) is 13.2 Å². The molecule has 20 heteroatoms. The minimum Gasteiger partial charge on any atom is -0.481 e. The molecule has 2 unspecified atom stereocenters. The van der Waals surface area contributed by atoms with Crippen molar-refractivity contribution in [2.45, 2.75) is 93.3 Å². The lowest BCUT2D eigenvalue weighted by Gasteiger charge is -2.19. The number of esters is 4. The van der Waals surface area contributed by atoms with Crippen LogP contribution in [0.3, 0.4) is 0 Å². The lowest BCUT2D eigenvalue weighted by atomic mass is 10.0. The van der Waals surface area contributed by atoms with Crippen LogP contribution in [0.2, 0.25) is 0 Å². The summed E-state index contributed by atoms with van der Waals surface area (Å²) in [7, 11) is 0. The third-order valence-electron chi connectivity index (χ3n) is 10.4. The van der Waals surface area contributed by atoms with Crippen molar-refractivity contribution in [2.24, 2.45) is 0 Å². The highest BCUT2D eigenvalue weighted by molar-refractivity contribution is 9.15. The van der Waals surface area contributed by atoms with Gasteiger partial charge in [0.1, 0.15) is 13.2 Å². The fourth-order valence-electron chi connectivity index (χ4n) is 7.61. The molecule has 5 heterocycles. The molecule has 8 bridgehead atoms. The largest absolute Gasteiger partial charge is 0.481 e. The van der Waals surface area contributed by atoms with Crippen molar-refractivity contribution >= 4 is 117 Å². The number of carbonyl (C=O) groups is 6. The third kappa shape index (κ3) is 10.1. The average molecular weight is 1120 g/mol. The van der Waals surface area contributed by atoms with Gasteiger partial charge in [0.15, 0.2) is 12.2 Å². The van der Waals surface area contributed by atoms with Gasteiger partial charge in [-0.1, -0.05) is 0 Å². The van der Waals surface area contributed by atoms with Gasteiger partial charge in [0.05, 0.1) is 62.1 Å². The molecule has 16 nitrogen and oxygen atoms in total. The van der Waals surface area contributed by atoms with E-state index in [0.29, 0.717) is 107 Å². The van der Waals surface area contributed by atoms with Gasteiger partial charge in [-0.15, -0.1) is 0 Å². The first-order chi connectivity index (χ1) is 29.0. The first-order valence-electron chi connectivity index (χ1n) is 19.1. The van der Waals surface area contributed by atoms with Gasteiger partial charge < -0.3 is 49.1 Å². The van der Waals surface area contributed by atoms with E-state index in [9.17, 15) is 39.0 Å². The summed E-state index contributed by atoms with van der Waals surface area (Å²) in [5.74, 6) is -4.52. The van der Waals surface area contributed by atoms with Crippen LogP contribution in [-0.4, -0.2) is 79.2 Å². The fraction of sp³-hybridized carbons (Fsp3) is 0.381. The summed E-state index contributed by atoms with van der Waals surface area (Å²) in [6, 6.07) is 0. The summed E-state index contributed by atoms with van der Waals surface area (Å²) in [5.41, 5.74) is 6.67. The molecule has 0 fully saturated rings. The molecule has 1 aliphatic heterocycles. The molecule has 4 aromatic rings. The Balaban J connectivity index is 2.11. The van der Waals surface area contributed by atoms with Crippen LogP contribution in [0.15, 0.2) is 0 Å². The predicted octanol–water partition coefficient (Wildman–Crippen LogP) is 5.12. The van der Waals surface area contributed by atoms with Crippen LogP contribution in [0.5, 0.6) is 0 Å². The van der Waals surface area contributed by atoms with Gasteiger partial charge in [-0.3, -0.25) is 28.8 Å². The molecule has 0 amide bonds. The van der Waals surface area contributed by atoms with Crippen LogP contribution in [0.1, 0.15) is 120 Å². The van der Waals surface area contributed by atoms with E-state index < -0.39 is 48.0 Å². The maximum atomic E-state index is 12.7. The molecule has 2 atom stereocenters. The van der Waals surface area contributed by atoms with E-state index in [2.05, 4.69) is 83.7 Å². The zero-order chi connectivity index (χ0) is 46.1. The van der Waals surface area contributed by atoms with Crippen molar-refractivity contribution in [3.8, 4) is 0 Å². The highest BCUT2D eigenvalue weighted by Gasteiger charge is 2.32. The molecule has 1 aliphatic rings. The topological polar surface area (TPSA) is 243 Å². The van der Waals surface area contributed by atoms with Crippen LogP contribution in [-0.2, 0) is 60.6 Å². The van der Waals surface area contributed by atoms with E-state index in [1.807, 2.05) is 13.8 Å². The number of aliphatic carboxylic acids is 2. The molecular formula is C42H44Br4N4O12. The number of carboxylic acid groups (broad SMARTS) is 2. The van der Waals surface area contributed by atoms with Gasteiger partial charge in [-0.25, -0.2) is 0 Å². The number of halogens is 4. The van der Waals surface area contributed by atoms with Gasteiger partial charge in [0.25, 0.3) is 0 Å². The normalized spacial score (nSPS) is 13.5. The monoisotopic (exact) mass is 1110 g/mol. The number of hydrogen-bond donors (Lipinski definition) is 6. The van der Waals surface area contributed by atoms with Crippen LogP contribution < -0.4 is 21.4 Å². The van der Waals surface area contributed by atoms with Crippen LogP contribution in [0.4, 0.5) is 0 Å². The number of carbonyl (C=O) groups excluding carboxylic acids is 4. The zero-order valence-corrected chi connectivity index (χ0v) is 41.2. The number of carboxylic acids is 2. The molecule has 0 spiro atoms. The van der Waals surface area contributed by atoms with Crippen molar-refractivity contribution in [3.63, 3.8) is 0 Å². The van der Waals surface area contributed by atoms with Crippen molar-refractivity contribution in [1.29, 1.82) is 0 Å². The first-order valence-corrected chi connectivity index (χ1v) is 22.3. The number of aromatic amines is 4. The number of ether oxygens (including phenoxy) is 4. The first kappa shape index (κ1) is 48.4. The highest BCUT2D eigenvalue weighted by atomic mass is 79.9. The Morgan fingerprint density at radius 1 is 0.484 bits per heavy atom. The van der Waals surface area contributed by atoms with Crippen molar-refractivity contribution in [3.05, 3.63) is 88.7 Å². The van der Waals surface area contributed by atoms with Crippen molar-refractivity contribution in [1.82, 2.24) is 19.9 Å². The summed E-state index contributed by atoms with van der Waals surface area (Å²) in [6.45, 7) is 11.5. The Bertz CT molecular complexity index is 2790. The third-order valence-corrected chi connectivity index (χ3v) is 13.6. The second-order valence-corrected chi connectivity index (χ2v) is 17.8. The number of fused-ring (bicyclic) bond motifs is 8. The van der Waals surface area contributed by atoms with E-state index in [1.54, 1.807) is 13.8 Å². The Labute approximate surface area is 388 Å². The molecular weight excluding hydrogens is 1070 g/mol. The highest BCUT2D eigenvalue weighted by Crippen LogP contribution is 2.38. The summed E-state index contributed by atoms with van der Waals surface area (Å²) < 4.78 is 24.3. The second-order valence-electron chi connectivity index (χ2n) is 14.6. The summed E-state index contributed by atoms with van der Waals surface area (Å²) in [4.78, 5) is 87.5.